The summed E-state index contributed by atoms with van der Waals surface area (Å²) in [4.78, 5) is 37.3. The van der Waals surface area contributed by atoms with Gasteiger partial charge in [0, 0.05) is 12.5 Å². The maximum Gasteiger partial charge on any atom is 0.262 e. The molecule has 1 aromatic carbocycles. The zero-order valence-electron chi connectivity index (χ0n) is 9.84. The van der Waals surface area contributed by atoms with Gasteiger partial charge in [-0.15, -0.1) is 0 Å². The number of rotatable bonds is 1. The van der Waals surface area contributed by atoms with E-state index in [1.54, 1.807) is 24.3 Å². The van der Waals surface area contributed by atoms with Crippen LogP contribution in [0.1, 0.15) is 27.6 Å². The van der Waals surface area contributed by atoms with Crippen LogP contribution in [0, 0.1) is 5.92 Å². The van der Waals surface area contributed by atoms with Gasteiger partial charge in [-0.2, -0.15) is 0 Å². The van der Waals surface area contributed by atoms with Crippen LogP contribution in [0.3, 0.4) is 0 Å². The number of amides is 3. The number of benzene rings is 1. The molecule has 2 aliphatic heterocycles. The predicted molar refractivity (Wildman–Crippen MR) is 62.9 cm³/mol. The second-order valence-corrected chi connectivity index (χ2v) is 4.69. The molecule has 3 amide bonds. The molecule has 0 spiro atoms. The Morgan fingerprint density at radius 1 is 1.11 bits per heavy atom. The van der Waals surface area contributed by atoms with Gasteiger partial charge >= 0.3 is 0 Å². The Morgan fingerprint density at radius 3 is 2.11 bits per heavy atom. The standard InChI is InChI=1S/C13H12N2O3/c1-7-6-14-11(16)10(7)15-12(17)8-4-2-3-5-9(8)13(15)18/h2-5,7,10H,6H2,1H3,(H,14,16)/t7?,10-/m0/s1. The Balaban J connectivity index is 2.04. The average molecular weight is 244 g/mol. The van der Waals surface area contributed by atoms with E-state index in [1.807, 2.05) is 6.92 Å². The smallest absolute Gasteiger partial charge is 0.262 e. The van der Waals surface area contributed by atoms with Crippen molar-refractivity contribution in [2.24, 2.45) is 5.92 Å². The summed E-state index contributed by atoms with van der Waals surface area (Å²) in [7, 11) is 0. The number of imide groups is 1. The summed E-state index contributed by atoms with van der Waals surface area (Å²) < 4.78 is 0. The molecule has 1 saturated heterocycles. The molecule has 2 aliphatic rings. The van der Waals surface area contributed by atoms with Crippen LogP contribution in [-0.4, -0.2) is 35.2 Å². The second-order valence-electron chi connectivity index (χ2n) is 4.69. The Hall–Kier alpha value is -2.17. The lowest BCUT2D eigenvalue weighted by atomic mass is 10.0. The molecular weight excluding hydrogens is 232 g/mol. The fraction of sp³-hybridized carbons (Fsp3) is 0.308. The number of carbonyl (C=O) groups is 3. The molecule has 92 valence electrons. The van der Waals surface area contributed by atoms with Crippen LogP contribution < -0.4 is 5.32 Å². The fourth-order valence-corrected chi connectivity index (χ4v) is 2.57. The van der Waals surface area contributed by atoms with Gasteiger partial charge in [0.15, 0.2) is 0 Å². The molecule has 0 saturated carbocycles. The highest BCUT2D eigenvalue weighted by molar-refractivity contribution is 6.23. The van der Waals surface area contributed by atoms with Crippen molar-refractivity contribution in [3.63, 3.8) is 0 Å². The largest absolute Gasteiger partial charge is 0.354 e. The molecule has 1 N–H and O–H groups in total. The number of nitrogens with one attached hydrogen (secondary N) is 1. The van der Waals surface area contributed by atoms with Gasteiger partial charge in [-0.05, 0) is 12.1 Å². The number of hydrogen-bond donors (Lipinski definition) is 1. The lowest BCUT2D eigenvalue weighted by Gasteiger charge is -2.22. The van der Waals surface area contributed by atoms with Gasteiger partial charge in [0.1, 0.15) is 6.04 Å². The van der Waals surface area contributed by atoms with E-state index < -0.39 is 6.04 Å². The third-order valence-corrected chi connectivity index (χ3v) is 3.51. The Bertz CT molecular complexity index is 532. The normalized spacial score (nSPS) is 26.5. The fourth-order valence-electron chi connectivity index (χ4n) is 2.57. The first-order valence-electron chi connectivity index (χ1n) is 5.86. The van der Waals surface area contributed by atoms with Crippen molar-refractivity contribution in [2.75, 3.05) is 6.54 Å². The predicted octanol–water partition coefficient (Wildman–Crippen LogP) is 0.417. The van der Waals surface area contributed by atoms with Crippen molar-refractivity contribution in [1.29, 1.82) is 0 Å². The first-order chi connectivity index (χ1) is 8.61. The topological polar surface area (TPSA) is 66.5 Å². The summed E-state index contributed by atoms with van der Waals surface area (Å²) in [6.45, 7) is 2.35. The third-order valence-electron chi connectivity index (χ3n) is 3.51. The highest BCUT2D eigenvalue weighted by atomic mass is 16.2. The van der Waals surface area contributed by atoms with E-state index in [0.29, 0.717) is 17.7 Å². The molecule has 18 heavy (non-hydrogen) atoms. The highest BCUT2D eigenvalue weighted by Gasteiger charge is 2.47. The molecule has 2 atom stereocenters. The van der Waals surface area contributed by atoms with Crippen LogP contribution in [0.5, 0.6) is 0 Å². The molecular formula is C13H12N2O3. The third kappa shape index (κ3) is 1.30. The Morgan fingerprint density at radius 2 is 1.67 bits per heavy atom. The zero-order valence-corrected chi connectivity index (χ0v) is 9.84. The first kappa shape index (κ1) is 11.0. The van der Waals surface area contributed by atoms with Crippen molar-refractivity contribution >= 4 is 17.7 Å². The molecule has 5 heteroatoms. The van der Waals surface area contributed by atoms with E-state index in [4.69, 9.17) is 0 Å². The van der Waals surface area contributed by atoms with Gasteiger partial charge in [0.2, 0.25) is 5.91 Å². The van der Waals surface area contributed by atoms with Gasteiger partial charge in [0.05, 0.1) is 11.1 Å². The summed E-state index contributed by atoms with van der Waals surface area (Å²) in [6.07, 6.45) is 0. The maximum atomic E-state index is 12.2. The van der Waals surface area contributed by atoms with Crippen LogP contribution in [0.4, 0.5) is 0 Å². The number of hydrogen-bond acceptors (Lipinski definition) is 3. The highest BCUT2D eigenvalue weighted by Crippen LogP contribution is 2.28. The number of nitrogens with zero attached hydrogens (tertiary/aromatic N) is 1. The van der Waals surface area contributed by atoms with E-state index in [0.717, 1.165) is 4.90 Å². The molecule has 3 rings (SSSR count). The van der Waals surface area contributed by atoms with E-state index in [1.165, 1.54) is 0 Å². The van der Waals surface area contributed by atoms with Gasteiger partial charge in [-0.25, -0.2) is 0 Å². The van der Waals surface area contributed by atoms with Crippen molar-refractivity contribution in [1.82, 2.24) is 10.2 Å². The monoisotopic (exact) mass is 244 g/mol. The molecule has 1 fully saturated rings. The van der Waals surface area contributed by atoms with Crippen LogP contribution in [0.15, 0.2) is 24.3 Å². The van der Waals surface area contributed by atoms with Crippen molar-refractivity contribution in [3.8, 4) is 0 Å². The lowest BCUT2D eigenvalue weighted by molar-refractivity contribution is -0.122. The Labute approximate surface area is 104 Å². The van der Waals surface area contributed by atoms with Gasteiger partial charge in [0.25, 0.3) is 11.8 Å². The first-order valence-corrected chi connectivity index (χ1v) is 5.86. The molecule has 0 bridgehead atoms. The summed E-state index contributed by atoms with van der Waals surface area (Å²) in [5.74, 6) is -1.05. The summed E-state index contributed by atoms with van der Waals surface area (Å²) >= 11 is 0. The van der Waals surface area contributed by atoms with E-state index in [-0.39, 0.29) is 23.6 Å². The lowest BCUT2D eigenvalue weighted by Crippen LogP contribution is -2.46. The SMILES string of the molecule is CC1CNC(=O)[C@H]1N1C(=O)c2ccccc2C1=O. The molecule has 0 radical (unpaired) electrons. The Kier molecular flexibility index (Phi) is 2.23. The molecule has 1 aromatic rings. The second kappa shape index (κ2) is 3.66. The van der Waals surface area contributed by atoms with Crippen LogP contribution >= 0.6 is 0 Å². The molecule has 5 nitrogen and oxygen atoms in total. The van der Waals surface area contributed by atoms with Crippen molar-refractivity contribution in [3.05, 3.63) is 35.4 Å². The number of fused-ring (bicyclic) bond motifs is 1. The molecule has 0 aromatic heterocycles. The van der Waals surface area contributed by atoms with Crippen molar-refractivity contribution < 1.29 is 14.4 Å². The summed E-state index contributed by atoms with van der Waals surface area (Å²) in [6, 6.07) is 5.98. The molecule has 0 aliphatic carbocycles. The van der Waals surface area contributed by atoms with Gasteiger partial charge in [-0.1, -0.05) is 19.1 Å². The van der Waals surface area contributed by atoms with E-state index in [9.17, 15) is 14.4 Å². The van der Waals surface area contributed by atoms with Gasteiger partial charge in [-0.3, -0.25) is 19.3 Å². The minimum absolute atomic E-state index is 0.0558. The molecule has 1 unspecified atom stereocenters. The van der Waals surface area contributed by atoms with Crippen LogP contribution in [0.25, 0.3) is 0 Å². The number of carbonyl (C=O) groups excluding carboxylic acids is 3. The van der Waals surface area contributed by atoms with E-state index >= 15 is 0 Å². The minimum atomic E-state index is -0.683. The summed E-state index contributed by atoms with van der Waals surface area (Å²) in [5.41, 5.74) is 0.767. The summed E-state index contributed by atoms with van der Waals surface area (Å²) in [5, 5.41) is 2.68. The minimum Gasteiger partial charge on any atom is -0.354 e. The van der Waals surface area contributed by atoms with Crippen molar-refractivity contribution in [2.45, 2.75) is 13.0 Å². The van der Waals surface area contributed by atoms with E-state index in [2.05, 4.69) is 5.32 Å². The van der Waals surface area contributed by atoms with Gasteiger partial charge < -0.3 is 5.32 Å². The van der Waals surface area contributed by atoms with Crippen LogP contribution in [-0.2, 0) is 4.79 Å². The average Bonchev–Trinajstić information content (AvgIpc) is 2.81. The zero-order chi connectivity index (χ0) is 12.9. The van der Waals surface area contributed by atoms with Crippen LogP contribution in [0.2, 0.25) is 0 Å². The quantitative estimate of drug-likeness (QED) is 0.728. The maximum absolute atomic E-state index is 12.2. The molecule has 2 heterocycles.